The number of amides is 1. The number of thioether (sulfide) groups is 1. The van der Waals surface area contributed by atoms with Crippen LogP contribution in [-0.2, 0) is 18.0 Å². The Hall–Kier alpha value is -2.03. The smallest absolute Gasteiger partial charge is 0.325 e. The van der Waals surface area contributed by atoms with Gasteiger partial charge in [-0.15, -0.1) is 10.2 Å². The maximum atomic E-state index is 12.7. The summed E-state index contributed by atoms with van der Waals surface area (Å²) in [7, 11) is 1.22. The van der Waals surface area contributed by atoms with Gasteiger partial charge in [0.15, 0.2) is 5.16 Å². The minimum absolute atomic E-state index is 0.0333. The van der Waals surface area contributed by atoms with E-state index in [0.29, 0.717) is 5.69 Å². The molecule has 0 fully saturated rings. The number of hydrogen-bond acceptors (Lipinski definition) is 4. The molecule has 5 nitrogen and oxygen atoms in total. The predicted octanol–water partition coefficient (Wildman–Crippen LogP) is 3.57. The highest BCUT2D eigenvalue weighted by atomic mass is 32.2. The fraction of sp³-hybridized carbons (Fsp3) is 0.400. The van der Waals surface area contributed by atoms with Gasteiger partial charge in [-0.25, -0.2) is 0 Å². The lowest BCUT2D eigenvalue weighted by molar-refractivity contribution is -0.147. The number of rotatable bonds is 4. The van der Waals surface area contributed by atoms with Crippen molar-refractivity contribution in [2.75, 3.05) is 5.32 Å². The number of hydrogen-bond donors (Lipinski definition) is 1. The molecule has 2 aromatic rings. The van der Waals surface area contributed by atoms with Crippen molar-refractivity contribution in [2.45, 2.75) is 37.4 Å². The summed E-state index contributed by atoms with van der Waals surface area (Å²) in [5.74, 6) is -1.41. The summed E-state index contributed by atoms with van der Waals surface area (Å²) < 4.78 is 39.0. The van der Waals surface area contributed by atoms with Gasteiger partial charge in [0.1, 0.15) is 0 Å². The van der Waals surface area contributed by atoms with Crippen LogP contribution in [0.15, 0.2) is 23.4 Å². The van der Waals surface area contributed by atoms with E-state index in [0.717, 1.165) is 27.5 Å². The van der Waals surface area contributed by atoms with Crippen LogP contribution < -0.4 is 5.32 Å². The van der Waals surface area contributed by atoms with Gasteiger partial charge in [-0.05, 0) is 38.0 Å². The normalized spacial score (nSPS) is 13.0. The number of anilines is 1. The highest BCUT2D eigenvalue weighted by Gasteiger charge is 2.37. The number of carbonyl (C=O) groups excluding carboxylic acids is 1. The quantitative estimate of drug-likeness (QED) is 0.849. The van der Waals surface area contributed by atoms with Crippen LogP contribution in [-0.4, -0.2) is 25.9 Å². The summed E-state index contributed by atoms with van der Waals surface area (Å²) in [6.07, 6.45) is -4.58. The first-order valence-electron chi connectivity index (χ1n) is 7.11. The third kappa shape index (κ3) is 4.08. The van der Waals surface area contributed by atoms with Crippen molar-refractivity contribution >= 4 is 23.4 Å². The molecule has 0 aliphatic rings. The van der Waals surface area contributed by atoms with Crippen molar-refractivity contribution in [1.29, 1.82) is 0 Å². The molecule has 9 heteroatoms. The van der Waals surface area contributed by atoms with Gasteiger partial charge in [0.25, 0.3) is 0 Å². The van der Waals surface area contributed by atoms with Crippen LogP contribution in [0.2, 0.25) is 0 Å². The van der Waals surface area contributed by atoms with Crippen molar-refractivity contribution in [3.8, 4) is 0 Å². The summed E-state index contributed by atoms with van der Waals surface area (Å²) in [5, 5.41) is 8.85. The van der Waals surface area contributed by atoms with E-state index in [1.165, 1.54) is 7.05 Å². The van der Waals surface area contributed by atoms with E-state index in [1.807, 2.05) is 32.0 Å². The molecule has 1 aromatic carbocycles. The van der Waals surface area contributed by atoms with Crippen molar-refractivity contribution in [3.05, 3.63) is 35.2 Å². The monoisotopic (exact) mass is 358 g/mol. The maximum Gasteiger partial charge on any atom is 0.451 e. The molecular weight excluding hydrogens is 341 g/mol. The Kier molecular flexibility index (Phi) is 5.22. The lowest BCUT2D eigenvalue weighted by Gasteiger charge is -2.14. The summed E-state index contributed by atoms with van der Waals surface area (Å²) >= 11 is 0.922. The SMILES string of the molecule is Cc1ccc(C)c(NC(=O)[C@@H](C)Sc2nnc(C(F)(F)F)n2C)c1. The van der Waals surface area contributed by atoms with E-state index < -0.39 is 17.3 Å². The lowest BCUT2D eigenvalue weighted by atomic mass is 10.1. The Morgan fingerprint density at radius 3 is 2.54 bits per heavy atom. The molecule has 0 radical (unpaired) electrons. The van der Waals surface area contributed by atoms with Crippen molar-refractivity contribution in [3.63, 3.8) is 0 Å². The molecule has 1 heterocycles. The van der Waals surface area contributed by atoms with Crippen molar-refractivity contribution in [1.82, 2.24) is 14.8 Å². The summed E-state index contributed by atoms with van der Waals surface area (Å²) in [6, 6.07) is 5.66. The van der Waals surface area contributed by atoms with Crippen molar-refractivity contribution in [2.24, 2.45) is 7.05 Å². The number of alkyl halides is 3. The average molecular weight is 358 g/mol. The van der Waals surface area contributed by atoms with Crippen LogP contribution in [0.3, 0.4) is 0 Å². The number of carbonyl (C=O) groups is 1. The van der Waals surface area contributed by atoms with Crippen molar-refractivity contribution < 1.29 is 18.0 Å². The minimum Gasteiger partial charge on any atom is -0.325 e. The van der Waals surface area contributed by atoms with Gasteiger partial charge in [-0.2, -0.15) is 13.2 Å². The molecule has 1 N–H and O–H groups in total. The zero-order chi connectivity index (χ0) is 18.1. The number of halogens is 3. The van der Waals surface area contributed by atoms with Gasteiger partial charge in [-0.1, -0.05) is 23.9 Å². The maximum absolute atomic E-state index is 12.7. The molecule has 0 aliphatic heterocycles. The first-order valence-corrected chi connectivity index (χ1v) is 7.99. The van der Waals surface area contributed by atoms with Crippen LogP contribution in [0, 0.1) is 13.8 Å². The van der Waals surface area contributed by atoms with Crippen LogP contribution in [0.25, 0.3) is 0 Å². The molecule has 1 aromatic heterocycles. The first kappa shape index (κ1) is 18.3. The number of aryl methyl sites for hydroxylation is 2. The standard InChI is InChI=1S/C15H17F3N4OS/c1-8-5-6-9(2)11(7-8)19-12(23)10(3)24-14-21-20-13(22(14)4)15(16,17)18/h5-7,10H,1-4H3,(H,19,23)/t10-/m1/s1. The zero-order valence-corrected chi connectivity index (χ0v) is 14.4. The minimum atomic E-state index is -4.58. The van der Waals surface area contributed by atoms with Gasteiger partial charge in [0, 0.05) is 12.7 Å². The fourth-order valence-corrected chi connectivity index (χ4v) is 2.80. The highest BCUT2D eigenvalue weighted by Crippen LogP contribution is 2.31. The van der Waals surface area contributed by atoms with Crippen LogP contribution in [0.1, 0.15) is 23.9 Å². The Morgan fingerprint density at radius 2 is 1.96 bits per heavy atom. The molecule has 1 amide bonds. The van der Waals surface area contributed by atoms with Gasteiger partial charge in [0.05, 0.1) is 5.25 Å². The van der Waals surface area contributed by atoms with Gasteiger partial charge < -0.3 is 9.88 Å². The molecule has 0 saturated heterocycles. The highest BCUT2D eigenvalue weighted by molar-refractivity contribution is 8.00. The van der Waals surface area contributed by atoms with Crippen LogP contribution in [0.4, 0.5) is 18.9 Å². The molecule has 0 bridgehead atoms. The van der Waals surface area contributed by atoms with Crippen LogP contribution in [0.5, 0.6) is 0 Å². The van der Waals surface area contributed by atoms with E-state index in [2.05, 4.69) is 15.5 Å². The summed E-state index contributed by atoms with van der Waals surface area (Å²) in [5.41, 5.74) is 2.59. The lowest BCUT2D eigenvalue weighted by Crippen LogP contribution is -2.23. The largest absolute Gasteiger partial charge is 0.451 e. The molecule has 0 spiro atoms. The van der Waals surface area contributed by atoms with Gasteiger partial charge >= 0.3 is 6.18 Å². The third-order valence-electron chi connectivity index (χ3n) is 3.39. The number of benzene rings is 1. The molecule has 0 saturated carbocycles. The van der Waals surface area contributed by atoms with E-state index >= 15 is 0 Å². The molecule has 0 aliphatic carbocycles. The Balaban J connectivity index is 2.10. The predicted molar refractivity (Wildman–Crippen MR) is 85.9 cm³/mol. The Bertz CT molecular complexity index is 758. The number of nitrogens with zero attached hydrogens (tertiary/aromatic N) is 3. The third-order valence-corrected chi connectivity index (χ3v) is 4.52. The zero-order valence-electron chi connectivity index (χ0n) is 13.6. The second-order valence-corrected chi connectivity index (χ2v) is 6.74. The molecular formula is C15H17F3N4OS. The van der Waals surface area contributed by atoms with E-state index in [-0.39, 0.29) is 11.1 Å². The number of nitrogens with one attached hydrogen (secondary N) is 1. The van der Waals surface area contributed by atoms with Crippen LogP contribution >= 0.6 is 11.8 Å². The average Bonchev–Trinajstić information content (AvgIpc) is 2.84. The second-order valence-electron chi connectivity index (χ2n) is 5.43. The van der Waals surface area contributed by atoms with E-state index in [4.69, 9.17) is 0 Å². The molecule has 24 heavy (non-hydrogen) atoms. The topological polar surface area (TPSA) is 59.8 Å². The van der Waals surface area contributed by atoms with E-state index in [9.17, 15) is 18.0 Å². The Morgan fingerprint density at radius 1 is 1.29 bits per heavy atom. The molecule has 1 atom stereocenters. The molecule has 130 valence electrons. The van der Waals surface area contributed by atoms with E-state index in [1.54, 1.807) is 6.92 Å². The fourth-order valence-electron chi connectivity index (χ4n) is 1.98. The van der Waals surface area contributed by atoms with Gasteiger partial charge in [0.2, 0.25) is 11.7 Å². The van der Waals surface area contributed by atoms with Gasteiger partial charge in [-0.3, -0.25) is 4.79 Å². The summed E-state index contributed by atoms with van der Waals surface area (Å²) in [6.45, 7) is 5.38. The Labute approximate surface area is 141 Å². The first-order chi connectivity index (χ1) is 11.1. The molecule has 2 rings (SSSR count). The number of aromatic nitrogens is 3. The summed E-state index contributed by atoms with van der Waals surface area (Å²) in [4.78, 5) is 12.3. The molecule has 0 unspecified atom stereocenters. The second kappa shape index (κ2) is 6.84.